The van der Waals surface area contributed by atoms with Gasteiger partial charge >= 0.3 is 0 Å². The van der Waals surface area contributed by atoms with Crippen LogP contribution in [-0.2, 0) is 0 Å². The van der Waals surface area contributed by atoms with E-state index in [1.807, 2.05) is 26.2 Å². The van der Waals surface area contributed by atoms with E-state index in [0.717, 1.165) is 0 Å². The molecule has 86 valence electrons. The molecule has 0 amide bonds. The lowest BCUT2D eigenvalue weighted by Crippen LogP contribution is -2.03. The SMILES string of the molecule is CN(C)C=C(c1ccccc1)c1ccccc1. The van der Waals surface area contributed by atoms with Gasteiger partial charge < -0.3 is 4.90 Å². The second-order valence-corrected chi connectivity index (χ2v) is 4.24. The van der Waals surface area contributed by atoms with E-state index in [4.69, 9.17) is 0 Å². The lowest BCUT2D eigenvalue weighted by molar-refractivity contribution is 0.566. The third-order valence-electron chi connectivity index (χ3n) is 2.56. The largest absolute Gasteiger partial charge is 0.383 e. The molecule has 0 bridgehead atoms. The molecule has 0 aliphatic rings. The number of hydrogen-bond donors (Lipinski definition) is 0. The van der Waals surface area contributed by atoms with E-state index in [2.05, 4.69) is 59.6 Å². The molecule has 0 saturated carbocycles. The molecule has 0 aromatic heterocycles. The average molecular weight is 223 g/mol. The molecule has 0 aliphatic heterocycles. The Kier molecular flexibility index (Phi) is 3.61. The summed E-state index contributed by atoms with van der Waals surface area (Å²) >= 11 is 0. The summed E-state index contributed by atoms with van der Waals surface area (Å²) in [5.41, 5.74) is 3.73. The average Bonchev–Trinajstić information content (AvgIpc) is 2.38. The van der Waals surface area contributed by atoms with E-state index in [-0.39, 0.29) is 0 Å². The van der Waals surface area contributed by atoms with Crippen LogP contribution in [0.1, 0.15) is 11.1 Å². The number of benzene rings is 2. The summed E-state index contributed by atoms with van der Waals surface area (Å²) in [7, 11) is 4.10. The van der Waals surface area contributed by atoms with Crippen molar-refractivity contribution in [1.82, 2.24) is 4.90 Å². The van der Waals surface area contributed by atoms with Crippen molar-refractivity contribution in [3.05, 3.63) is 78.0 Å². The van der Waals surface area contributed by atoms with Gasteiger partial charge in [-0.2, -0.15) is 0 Å². The first-order chi connectivity index (χ1) is 8.27. The maximum absolute atomic E-state index is 2.16. The second-order valence-electron chi connectivity index (χ2n) is 4.24. The quantitative estimate of drug-likeness (QED) is 0.768. The highest BCUT2D eigenvalue weighted by Gasteiger charge is 2.03. The van der Waals surface area contributed by atoms with Gasteiger partial charge in [0.2, 0.25) is 0 Å². The highest BCUT2D eigenvalue weighted by atomic mass is 15.0. The maximum Gasteiger partial charge on any atom is 0.00708 e. The van der Waals surface area contributed by atoms with E-state index in [0.29, 0.717) is 0 Å². The van der Waals surface area contributed by atoms with Gasteiger partial charge in [-0.1, -0.05) is 60.7 Å². The molecule has 0 saturated heterocycles. The Balaban J connectivity index is 2.47. The molecule has 2 rings (SSSR count). The Morgan fingerprint density at radius 2 is 1.18 bits per heavy atom. The predicted octanol–water partition coefficient (Wildman–Crippen LogP) is 3.64. The normalized spacial score (nSPS) is 9.76. The summed E-state index contributed by atoms with van der Waals surface area (Å²) in [6.07, 6.45) is 2.16. The summed E-state index contributed by atoms with van der Waals surface area (Å²) < 4.78 is 0. The van der Waals surface area contributed by atoms with Crippen molar-refractivity contribution in [2.45, 2.75) is 0 Å². The third kappa shape index (κ3) is 2.97. The number of hydrogen-bond acceptors (Lipinski definition) is 1. The van der Waals surface area contributed by atoms with Crippen molar-refractivity contribution in [3.63, 3.8) is 0 Å². The fourth-order valence-corrected chi connectivity index (χ4v) is 1.81. The van der Waals surface area contributed by atoms with E-state index in [1.54, 1.807) is 0 Å². The zero-order valence-corrected chi connectivity index (χ0v) is 10.3. The Bertz CT molecular complexity index is 442. The van der Waals surface area contributed by atoms with Crippen LogP contribution >= 0.6 is 0 Å². The van der Waals surface area contributed by atoms with Gasteiger partial charge in [0.15, 0.2) is 0 Å². The van der Waals surface area contributed by atoms with E-state index < -0.39 is 0 Å². The minimum Gasteiger partial charge on any atom is -0.383 e. The highest BCUT2D eigenvalue weighted by Crippen LogP contribution is 2.23. The Morgan fingerprint density at radius 3 is 1.53 bits per heavy atom. The third-order valence-corrected chi connectivity index (χ3v) is 2.56. The first-order valence-corrected chi connectivity index (χ1v) is 5.76. The summed E-state index contributed by atoms with van der Waals surface area (Å²) in [6, 6.07) is 20.9. The molecular weight excluding hydrogens is 206 g/mol. The molecule has 1 nitrogen and oxygen atoms in total. The van der Waals surface area contributed by atoms with Gasteiger partial charge in [-0.3, -0.25) is 0 Å². The van der Waals surface area contributed by atoms with Crippen molar-refractivity contribution in [2.75, 3.05) is 14.1 Å². The zero-order chi connectivity index (χ0) is 12.1. The Hall–Kier alpha value is -2.02. The molecule has 1 heteroatoms. The van der Waals surface area contributed by atoms with Crippen molar-refractivity contribution >= 4 is 5.57 Å². The molecule has 0 fully saturated rings. The maximum atomic E-state index is 2.16. The van der Waals surface area contributed by atoms with Crippen molar-refractivity contribution < 1.29 is 0 Å². The topological polar surface area (TPSA) is 3.24 Å². The van der Waals surface area contributed by atoms with Gasteiger partial charge in [0, 0.05) is 25.9 Å². The summed E-state index contributed by atoms with van der Waals surface area (Å²) in [5, 5.41) is 0. The molecule has 2 aromatic carbocycles. The lowest BCUT2D eigenvalue weighted by Gasteiger charge is -2.12. The molecule has 0 atom stereocenters. The Labute approximate surface area is 103 Å². The van der Waals surface area contributed by atoms with Crippen LogP contribution < -0.4 is 0 Å². The summed E-state index contributed by atoms with van der Waals surface area (Å²) in [5.74, 6) is 0. The van der Waals surface area contributed by atoms with Crippen molar-refractivity contribution in [1.29, 1.82) is 0 Å². The number of rotatable bonds is 3. The molecule has 0 heterocycles. The Morgan fingerprint density at radius 1 is 0.765 bits per heavy atom. The molecule has 0 N–H and O–H groups in total. The molecule has 0 spiro atoms. The van der Waals surface area contributed by atoms with E-state index in [1.165, 1.54) is 16.7 Å². The van der Waals surface area contributed by atoms with Crippen LogP contribution in [0.5, 0.6) is 0 Å². The van der Waals surface area contributed by atoms with Gasteiger partial charge in [-0.05, 0) is 11.1 Å². The van der Waals surface area contributed by atoms with Crippen LogP contribution in [0.4, 0.5) is 0 Å². The van der Waals surface area contributed by atoms with Gasteiger partial charge in [-0.25, -0.2) is 0 Å². The van der Waals surface area contributed by atoms with Crippen molar-refractivity contribution in [3.8, 4) is 0 Å². The lowest BCUT2D eigenvalue weighted by atomic mass is 9.99. The first-order valence-electron chi connectivity index (χ1n) is 5.76. The molecule has 0 radical (unpaired) electrons. The minimum absolute atomic E-state index is 1.24. The molecule has 0 aliphatic carbocycles. The van der Waals surface area contributed by atoms with Crippen LogP contribution in [0.2, 0.25) is 0 Å². The highest BCUT2D eigenvalue weighted by molar-refractivity contribution is 5.79. The van der Waals surface area contributed by atoms with Gasteiger partial charge in [0.25, 0.3) is 0 Å². The monoisotopic (exact) mass is 223 g/mol. The second kappa shape index (κ2) is 5.35. The van der Waals surface area contributed by atoms with Gasteiger partial charge in [0.05, 0.1) is 0 Å². The summed E-state index contributed by atoms with van der Waals surface area (Å²) in [4.78, 5) is 2.08. The smallest absolute Gasteiger partial charge is 0.00708 e. The number of nitrogens with zero attached hydrogens (tertiary/aromatic N) is 1. The molecular formula is C16H17N. The van der Waals surface area contributed by atoms with E-state index >= 15 is 0 Å². The predicted molar refractivity (Wildman–Crippen MR) is 73.7 cm³/mol. The first kappa shape index (κ1) is 11.5. The van der Waals surface area contributed by atoms with Gasteiger partial charge in [0.1, 0.15) is 0 Å². The molecule has 0 unspecified atom stereocenters. The molecule has 17 heavy (non-hydrogen) atoms. The van der Waals surface area contributed by atoms with Crippen LogP contribution in [-0.4, -0.2) is 19.0 Å². The van der Waals surface area contributed by atoms with Gasteiger partial charge in [-0.15, -0.1) is 0 Å². The zero-order valence-electron chi connectivity index (χ0n) is 10.3. The fourth-order valence-electron chi connectivity index (χ4n) is 1.81. The van der Waals surface area contributed by atoms with E-state index in [9.17, 15) is 0 Å². The van der Waals surface area contributed by atoms with Crippen LogP contribution in [0.3, 0.4) is 0 Å². The van der Waals surface area contributed by atoms with Crippen LogP contribution in [0, 0.1) is 0 Å². The minimum atomic E-state index is 1.24. The standard InChI is InChI=1S/C16H17N/c1-17(2)13-16(14-9-5-3-6-10-14)15-11-7-4-8-12-15/h3-13H,1-2H3. The van der Waals surface area contributed by atoms with Crippen LogP contribution in [0.25, 0.3) is 5.57 Å². The van der Waals surface area contributed by atoms with Crippen LogP contribution in [0.15, 0.2) is 66.9 Å². The molecule has 2 aromatic rings. The fraction of sp³-hybridized carbons (Fsp3) is 0.125. The summed E-state index contributed by atoms with van der Waals surface area (Å²) in [6.45, 7) is 0. The van der Waals surface area contributed by atoms with Crippen molar-refractivity contribution in [2.24, 2.45) is 0 Å².